The molecule has 22 heavy (non-hydrogen) atoms. The van der Waals surface area contributed by atoms with Crippen LogP contribution < -0.4 is 4.74 Å². The number of hydrogen-bond acceptors (Lipinski definition) is 3. The van der Waals surface area contributed by atoms with Crippen LogP contribution in [0.1, 0.15) is 5.56 Å². The van der Waals surface area contributed by atoms with E-state index < -0.39 is 11.1 Å². The van der Waals surface area contributed by atoms with Crippen molar-refractivity contribution in [3.05, 3.63) is 67.4 Å². The van der Waals surface area contributed by atoms with E-state index >= 15 is 0 Å². The largest absolute Gasteiger partial charge is 0 e. The molecule has 2 aromatic carbocycles. The second kappa shape index (κ2) is 17.5. The molecule has 5 nitrogen and oxygen atoms in total. The molecule has 2 aromatic rings. The maximum atomic E-state index is 10.4. The van der Waals surface area contributed by atoms with Gasteiger partial charge in [-0.15, -0.1) is 0 Å². The van der Waals surface area contributed by atoms with Crippen LogP contribution in [-0.4, -0.2) is 15.9 Å². The molecular formula is C15H14FeO5S-2. The standard InChI is InChI=1S/C7H8O3S.C6H7.2CO.Fe/c1-10-6-2-4-7(5-3-6)11(8)9;1-6-4-2-3-5-6;2*1-2;/h2-5H,1H3,(H,8,9);2-5H,1H3;;;/q;-1;;;/p-1. The number of hydrogen-bond donors (Lipinski definition) is 0. The van der Waals surface area contributed by atoms with E-state index in [1.807, 2.05) is 12.1 Å². The third kappa shape index (κ3) is 12.2. The molecule has 1 atom stereocenters. The molecule has 0 bridgehead atoms. The molecule has 0 N–H and O–H groups in total. The number of benzene rings is 1. The van der Waals surface area contributed by atoms with Gasteiger partial charge in [-0.1, -0.05) is 6.92 Å². The molecule has 0 saturated heterocycles. The molecule has 0 amide bonds. The van der Waals surface area contributed by atoms with Crippen LogP contribution in [0.2, 0.25) is 0 Å². The van der Waals surface area contributed by atoms with E-state index in [0.717, 1.165) is 0 Å². The van der Waals surface area contributed by atoms with Crippen LogP contribution in [-0.2, 0) is 37.5 Å². The first-order chi connectivity index (χ1) is 10.1. The average Bonchev–Trinajstić information content (AvgIpc) is 3.03. The van der Waals surface area contributed by atoms with E-state index in [-0.39, 0.29) is 22.0 Å². The maximum absolute atomic E-state index is 10.4. The molecule has 0 aliphatic rings. The Hall–Kier alpha value is -1.52. The number of rotatable bonds is 2. The Morgan fingerprint density at radius 2 is 1.50 bits per heavy atom. The van der Waals surface area contributed by atoms with Crippen molar-refractivity contribution in [2.45, 2.75) is 11.8 Å². The molecule has 0 aliphatic carbocycles. The van der Waals surface area contributed by atoms with Crippen LogP contribution in [0.5, 0.6) is 5.75 Å². The maximum Gasteiger partial charge on any atom is 0 e. The first kappa shape index (κ1) is 25.4. The van der Waals surface area contributed by atoms with E-state index in [2.05, 4.69) is 32.4 Å². The Balaban J connectivity index is -0.000000280. The zero-order valence-electron chi connectivity index (χ0n) is 11.9. The summed E-state index contributed by atoms with van der Waals surface area (Å²) in [5, 5.41) is 0. The van der Waals surface area contributed by atoms with E-state index in [4.69, 9.17) is 14.0 Å². The summed E-state index contributed by atoms with van der Waals surface area (Å²) in [6, 6.07) is 14.4. The van der Waals surface area contributed by atoms with Crippen LogP contribution in [0.25, 0.3) is 0 Å². The predicted molar refractivity (Wildman–Crippen MR) is 74.8 cm³/mol. The topological polar surface area (TPSA) is 89.2 Å². The van der Waals surface area contributed by atoms with Gasteiger partial charge < -0.3 is 9.29 Å². The zero-order chi connectivity index (χ0) is 16.7. The summed E-state index contributed by atoms with van der Waals surface area (Å²) in [5.41, 5.74) is 1.34. The SMILES string of the molecule is COc1ccc(S(=O)[O-])cc1.C[c-]1cccc1.[C-]#[O+].[C-]#[O+].[Fe]. The first-order valence-electron chi connectivity index (χ1n) is 5.46. The Labute approximate surface area is 143 Å². The quantitative estimate of drug-likeness (QED) is 0.356. The van der Waals surface area contributed by atoms with Crippen molar-refractivity contribution in [1.82, 2.24) is 0 Å². The van der Waals surface area contributed by atoms with Gasteiger partial charge in [0.25, 0.3) is 0 Å². The van der Waals surface area contributed by atoms with Gasteiger partial charge in [-0.2, -0.15) is 17.7 Å². The van der Waals surface area contributed by atoms with Crippen molar-refractivity contribution in [2.24, 2.45) is 0 Å². The molecule has 0 spiro atoms. The summed E-state index contributed by atoms with van der Waals surface area (Å²) in [6.07, 6.45) is 0. The summed E-state index contributed by atoms with van der Waals surface area (Å²) in [5.74, 6) is 0.652. The average molecular weight is 362 g/mol. The van der Waals surface area contributed by atoms with Gasteiger partial charge in [0.15, 0.2) is 0 Å². The molecule has 0 aliphatic heterocycles. The van der Waals surface area contributed by atoms with E-state index in [1.54, 1.807) is 12.1 Å². The smallest absolute Gasteiger partial charge is 0 e. The Bertz CT molecular complexity index is 526. The molecule has 0 saturated carbocycles. The van der Waals surface area contributed by atoms with Gasteiger partial charge in [0.1, 0.15) is 5.75 Å². The van der Waals surface area contributed by atoms with E-state index in [1.165, 1.54) is 24.8 Å². The minimum atomic E-state index is -2.14. The predicted octanol–water partition coefficient (Wildman–Crippen LogP) is 2.57. The molecule has 0 radical (unpaired) electrons. The monoisotopic (exact) mass is 362 g/mol. The molecule has 0 aromatic heterocycles. The normalized spacial score (nSPS) is 8.86. The van der Waals surface area contributed by atoms with Crippen LogP contribution in [0.4, 0.5) is 0 Å². The molecule has 0 heterocycles. The fourth-order valence-corrected chi connectivity index (χ4v) is 1.52. The third-order valence-electron chi connectivity index (χ3n) is 2.08. The van der Waals surface area contributed by atoms with Gasteiger partial charge in [0, 0.05) is 22.0 Å². The van der Waals surface area contributed by atoms with Gasteiger partial charge in [0.2, 0.25) is 0 Å². The van der Waals surface area contributed by atoms with Crippen LogP contribution >= 0.6 is 0 Å². The molecule has 0 fully saturated rings. The summed E-state index contributed by atoms with van der Waals surface area (Å²) < 4.78 is 40.6. The van der Waals surface area contributed by atoms with Crippen molar-refractivity contribution in [3.63, 3.8) is 0 Å². The molecule has 120 valence electrons. The number of ether oxygens (including phenoxy) is 1. The summed E-state index contributed by atoms with van der Waals surface area (Å²) >= 11 is -2.14. The zero-order valence-corrected chi connectivity index (χ0v) is 13.8. The third-order valence-corrected chi connectivity index (χ3v) is 2.74. The van der Waals surface area contributed by atoms with Crippen molar-refractivity contribution < 1.29 is 39.9 Å². The van der Waals surface area contributed by atoms with Gasteiger partial charge in [-0.3, -0.25) is 4.21 Å². The Kier molecular flexibility index (Phi) is 20.3. The Morgan fingerprint density at radius 1 is 1.09 bits per heavy atom. The minimum absolute atomic E-state index is 0. The van der Waals surface area contributed by atoms with Crippen molar-refractivity contribution >= 4 is 11.1 Å². The first-order valence-corrected chi connectivity index (χ1v) is 6.53. The van der Waals surface area contributed by atoms with Crippen molar-refractivity contribution in [1.29, 1.82) is 0 Å². The van der Waals surface area contributed by atoms with Gasteiger partial charge in [-0.05, 0) is 35.3 Å². The molecular weight excluding hydrogens is 348 g/mol. The second-order valence-electron chi connectivity index (χ2n) is 3.37. The fourth-order valence-electron chi connectivity index (χ4n) is 1.16. The van der Waals surface area contributed by atoms with Crippen molar-refractivity contribution in [2.75, 3.05) is 7.11 Å². The van der Waals surface area contributed by atoms with Crippen molar-refractivity contribution in [3.8, 4) is 5.75 Å². The van der Waals surface area contributed by atoms with E-state index in [9.17, 15) is 8.76 Å². The van der Waals surface area contributed by atoms with Gasteiger partial charge in [-0.25, -0.2) is 12.1 Å². The minimum Gasteiger partial charge on any atom is 0 e. The number of aryl methyl sites for hydroxylation is 1. The van der Waals surface area contributed by atoms with E-state index in [0.29, 0.717) is 5.75 Å². The Morgan fingerprint density at radius 3 is 1.73 bits per heavy atom. The molecule has 7 heteroatoms. The van der Waals surface area contributed by atoms with Crippen LogP contribution in [0, 0.1) is 20.2 Å². The molecule has 2 rings (SSSR count). The fraction of sp³-hybridized carbons (Fsp3) is 0.133. The summed E-state index contributed by atoms with van der Waals surface area (Å²) in [4.78, 5) is 0.269. The molecule has 1 unspecified atom stereocenters. The number of methoxy groups -OCH3 is 1. The second-order valence-corrected chi connectivity index (χ2v) is 4.31. The van der Waals surface area contributed by atoms with Gasteiger partial charge in [0.05, 0.1) is 7.11 Å². The van der Waals surface area contributed by atoms with Crippen LogP contribution in [0.3, 0.4) is 0 Å². The summed E-state index contributed by atoms with van der Waals surface area (Å²) in [6.45, 7) is 11.1. The van der Waals surface area contributed by atoms with Gasteiger partial charge >= 0.3 is 22.6 Å². The summed E-state index contributed by atoms with van der Waals surface area (Å²) in [7, 11) is 1.53. The van der Waals surface area contributed by atoms with Crippen LogP contribution in [0.15, 0.2) is 53.4 Å².